The molecule has 0 saturated carbocycles. The predicted octanol–water partition coefficient (Wildman–Crippen LogP) is 3.48. The summed E-state index contributed by atoms with van der Waals surface area (Å²) < 4.78 is 10.5. The van der Waals surface area contributed by atoms with Crippen molar-refractivity contribution in [1.82, 2.24) is 4.90 Å². The van der Waals surface area contributed by atoms with E-state index in [4.69, 9.17) is 21.7 Å². The van der Waals surface area contributed by atoms with Crippen LogP contribution in [0.25, 0.3) is 0 Å². The van der Waals surface area contributed by atoms with E-state index in [1.807, 2.05) is 30.1 Å². The van der Waals surface area contributed by atoms with E-state index in [0.717, 1.165) is 12.0 Å². The van der Waals surface area contributed by atoms with Crippen LogP contribution in [0.15, 0.2) is 42.5 Å². The zero-order valence-corrected chi connectivity index (χ0v) is 15.7. The van der Waals surface area contributed by atoms with Gasteiger partial charge >= 0.3 is 0 Å². The van der Waals surface area contributed by atoms with Crippen LogP contribution in [0.2, 0.25) is 0 Å². The van der Waals surface area contributed by atoms with Gasteiger partial charge in [-0.05, 0) is 42.4 Å². The average Bonchev–Trinajstić information content (AvgIpc) is 2.65. The monoisotopic (exact) mass is 375 g/mol. The van der Waals surface area contributed by atoms with Crippen molar-refractivity contribution in [3.63, 3.8) is 0 Å². The second-order valence-electron chi connectivity index (χ2n) is 5.57. The van der Waals surface area contributed by atoms with Crippen molar-refractivity contribution in [2.24, 2.45) is 0 Å². The van der Waals surface area contributed by atoms with Crippen molar-refractivity contribution in [2.75, 3.05) is 33.1 Å². The molecule has 0 amide bonds. The minimum Gasteiger partial charge on any atom is -0.493 e. The quantitative estimate of drug-likeness (QED) is 0.451. The Labute approximate surface area is 157 Å². The largest absolute Gasteiger partial charge is 0.493 e. The maximum Gasteiger partial charge on any atom is 0.292 e. The molecule has 8 heteroatoms. The molecule has 0 heterocycles. The number of nitro benzene ring substituents is 1. The highest BCUT2D eigenvalue weighted by molar-refractivity contribution is 7.80. The van der Waals surface area contributed by atoms with Crippen LogP contribution < -0.4 is 14.8 Å². The van der Waals surface area contributed by atoms with Gasteiger partial charge in [0, 0.05) is 19.7 Å². The second kappa shape index (κ2) is 9.00. The van der Waals surface area contributed by atoms with Crippen LogP contribution in [0.4, 0.5) is 11.4 Å². The number of anilines is 1. The van der Waals surface area contributed by atoms with E-state index in [1.54, 1.807) is 32.4 Å². The molecule has 2 aromatic carbocycles. The molecule has 0 aliphatic carbocycles. The molecule has 2 rings (SSSR count). The van der Waals surface area contributed by atoms with Gasteiger partial charge in [0.05, 0.1) is 19.1 Å². The number of methoxy groups -OCH3 is 2. The minimum atomic E-state index is -0.436. The molecule has 0 fully saturated rings. The normalized spacial score (nSPS) is 10.1. The number of nitrogens with one attached hydrogen (secondary N) is 1. The van der Waals surface area contributed by atoms with Crippen LogP contribution in [-0.4, -0.2) is 42.7 Å². The molecule has 0 unspecified atom stereocenters. The van der Waals surface area contributed by atoms with Gasteiger partial charge in [-0.15, -0.1) is 0 Å². The summed E-state index contributed by atoms with van der Waals surface area (Å²) in [7, 11) is 5.03. The molecule has 0 aliphatic heterocycles. The number of benzene rings is 2. The Morgan fingerprint density at radius 1 is 1.19 bits per heavy atom. The van der Waals surface area contributed by atoms with E-state index < -0.39 is 4.92 Å². The fourth-order valence-corrected chi connectivity index (χ4v) is 2.58. The van der Waals surface area contributed by atoms with Crippen LogP contribution >= 0.6 is 12.2 Å². The standard InChI is InChI=1S/C18H21N3O4S/c1-20(11-10-13-8-9-16(24-2)17(12-13)25-3)18(26)19-14-6-4-5-7-15(14)21(22)23/h4-9,12H,10-11H2,1-3H3,(H,19,26). The van der Waals surface area contributed by atoms with E-state index >= 15 is 0 Å². The summed E-state index contributed by atoms with van der Waals surface area (Å²) in [6.07, 6.45) is 0.732. The molecule has 0 atom stereocenters. The van der Waals surface area contributed by atoms with Crippen molar-refractivity contribution >= 4 is 28.7 Å². The van der Waals surface area contributed by atoms with Crippen LogP contribution in [0.3, 0.4) is 0 Å². The SMILES string of the molecule is COc1ccc(CCN(C)C(=S)Nc2ccccc2[N+](=O)[O-])cc1OC. The lowest BCUT2D eigenvalue weighted by atomic mass is 10.1. The molecule has 0 aromatic heterocycles. The van der Waals surface area contributed by atoms with Crippen molar-refractivity contribution in [1.29, 1.82) is 0 Å². The molecular formula is C18H21N3O4S. The Hall–Kier alpha value is -2.87. The van der Waals surface area contributed by atoms with Gasteiger partial charge in [0.15, 0.2) is 16.6 Å². The van der Waals surface area contributed by atoms with Gasteiger partial charge in [-0.3, -0.25) is 10.1 Å². The third-order valence-corrected chi connectivity index (χ3v) is 4.29. The summed E-state index contributed by atoms with van der Waals surface area (Å²) in [5.74, 6) is 1.35. The van der Waals surface area contributed by atoms with Crippen LogP contribution in [0.5, 0.6) is 11.5 Å². The fourth-order valence-electron chi connectivity index (χ4n) is 2.38. The van der Waals surface area contributed by atoms with Crippen LogP contribution in [0.1, 0.15) is 5.56 Å². The van der Waals surface area contributed by atoms with Crippen LogP contribution in [-0.2, 0) is 6.42 Å². The zero-order chi connectivity index (χ0) is 19.1. The second-order valence-corrected chi connectivity index (χ2v) is 5.95. The zero-order valence-electron chi connectivity index (χ0n) is 14.9. The number of hydrogen-bond donors (Lipinski definition) is 1. The average molecular weight is 375 g/mol. The molecule has 138 valence electrons. The molecule has 0 spiro atoms. The van der Waals surface area contributed by atoms with E-state index in [9.17, 15) is 10.1 Å². The van der Waals surface area contributed by atoms with Gasteiger partial charge in [0.2, 0.25) is 0 Å². The summed E-state index contributed by atoms with van der Waals surface area (Å²) in [4.78, 5) is 12.5. The van der Waals surface area contributed by atoms with Gasteiger partial charge in [0.25, 0.3) is 5.69 Å². The number of rotatable bonds is 7. The Morgan fingerprint density at radius 3 is 2.54 bits per heavy atom. The van der Waals surface area contributed by atoms with Crippen molar-refractivity contribution < 1.29 is 14.4 Å². The Morgan fingerprint density at radius 2 is 1.88 bits per heavy atom. The van der Waals surface area contributed by atoms with E-state index in [1.165, 1.54) is 6.07 Å². The summed E-state index contributed by atoms with van der Waals surface area (Å²) in [5.41, 5.74) is 1.44. The maximum absolute atomic E-state index is 11.1. The van der Waals surface area contributed by atoms with Crippen molar-refractivity contribution in [3.05, 3.63) is 58.1 Å². The smallest absolute Gasteiger partial charge is 0.292 e. The van der Waals surface area contributed by atoms with Crippen LogP contribution in [0, 0.1) is 10.1 Å². The first-order chi connectivity index (χ1) is 12.5. The number of likely N-dealkylation sites (N-methyl/N-ethyl adjacent to an activating group) is 1. The number of nitrogens with zero attached hydrogens (tertiary/aromatic N) is 2. The van der Waals surface area contributed by atoms with Gasteiger partial charge in [0.1, 0.15) is 5.69 Å². The van der Waals surface area contributed by atoms with Crippen molar-refractivity contribution in [2.45, 2.75) is 6.42 Å². The summed E-state index contributed by atoms with van der Waals surface area (Å²) in [6.45, 7) is 0.641. The Kier molecular flexibility index (Phi) is 6.74. The lowest BCUT2D eigenvalue weighted by Crippen LogP contribution is -2.32. The maximum atomic E-state index is 11.1. The number of hydrogen-bond acceptors (Lipinski definition) is 5. The van der Waals surface area contributed by atoms with E-state index in [0.29, 0.717) is 28.8 Å². The fraction of sp³-hybridized carbons (Fsp3) is 0.278. The molecule has 1 N–H and O–H groups in total. The highest BCUT2D eigenvalue weighted by Crippen LogP contribution is 2.28. The number of thiocarbonyl (C=S) groups is 1. The van der Waals surface area contributed by atoms with Crippen molar-refractivity contribution in [3.8, 4) is 11.5 Å². The first-order valence-corrected chi connectivity index (χ1v) is 8.33. The van der Waals surface area contributed by atoms with E-state index in [-0.39, 0.29) is 5.69 Å². The Balaban J connectivity index is 1.99. The van der Waals surface area contributed by atoms with Gasteiger partial charge in [-0.1, -0.05) is 18.2 Å². The molecule has 0 saturated heterocycles. The molecule has 0 radical (unpaired) electrons. The first kappa shape index (κ1) is 19.5. The Bertz CT molecular complexity index is 798. The third-order valence-electron chi connectivity index (χ3n) is 3.87. The third kappa shape index (κ3) is 4.82. The highest BCUT2D eigenvalue weighted by atomic mass is 32.1. The highest BCUT2D eigenvalue weighted by Gasteiger charge is 2.15. The molecule has 0 aliphatic rings. The molecule has 2 aromatic rings. The lowest BCUT2D eigenvalue weighted by Gasteiger charge is -2.21. The molecule has 0 bridgehead atoms. The first-order valence-electron chi connectivity index (χ1n) is 7.92. The van der Waals surface area contributed by atoms with Gasteiger partial charge in [-0.25, -0.2) is 0 Å². The molecular weight excluding hydrogens is 354 g/mol. The number of para-hydroxylation sites is 2. The lowest BCUT2D eigenvalue weighted by molar-refractivity contribution is -0.383. The van der Waals surface area contributed by atoms with Gasteiger partial charge < -0.3 is 19.7 Å². The summed E-state index contributed by atoms with van der Waals surface area (Å²) in [6, 6.07) is 12.2. The van der Waals surface area contributed by atoms with E-state index in [2.05, 4.69) is 5.32 Å². The number of ether oxygens (including phenoxy) is 2. The summed E-state index contributed by atoms with van der Waals surface area (Å²) >= 11 is 5.36. The molecule has 7 nitrogen and oxygen atoms in total. The predicted molar refractivity (Wildman–Crippen MR) is 105 cm³/mol. The minimum absolute atomic E-state index is 0.0110. The number of nitro groups is 1. The molecule has 26 heavy (non-hydrogen) atoms. The topological polar surface area (TPSA) is 76.9 Å². The van der Waals surface area contributed by atoms with Gasteiger partial charge in [-0.2, -0.15) is 0 Å². The summed E-state index contributed by atoms with van der Waals surface area (Å²) in [5, 5.41) is 14.4.